The molecule has 3 aromatic rings. The molecule has 2 aromatic carbocycles. The molecule has 0 atom stereocenters. The molecule has 0 aliphatic carbocycles. The van der Waals surface area contributed by atoms with Crippen LogP contribution in [0.15, 0.2) is 53.5 Å². The lowest BCUT2D eigenvalue weighted by atomic mass is 9.93. The van der Waals surface area contributed by atoms with E-state index in [0.29, 0.717) is 30.3 Å². The summed E-state index contributed by atoms with van der Waals surface area (Å²) in [5.74, 6) is 1.16. The summed E-state index contributed by atoms with van der Waals surface area (Å²) >= 11 is 0. The minimum atomic E-state index is -0.650. The smallest absolute Gasteiger partial charge is 0.290 e. The summed E-state index contributed by atoms with van der Waals surface area (Å²) in [6.45, 7) is 11.9. The van der Waals surface area contributed by atoms with Gasteiger partial charge >= 0.3 is 0 Å². The quantitative estimate of drug-likeness (QED) is 0.301. The molecule has 0 saturated heterocycles. The number of H-pyrrole nitrogens is 1. The highest BCUT2D eigenvalue weighted by Gasteiger charge is 2.26. The van der Waals surface area contributed by atoms with E-state index in [1.807, 2.05) is 78.1 Å². The second kappa shape index (κ2) is 11.9. The van der Waals surface area contributed by atoms with Crippen molar-refractivity contribution in [1.82, 2.24) is 20.6 Å². The summed E-state index contributed by atoms with van der Waals surface area (Å²) in [6.07, 6.45) is 1.58. The zero-order valence-electron chi connectivity index (χ0n) is 22.0. The minimum Gasteiger partial charge on any atom is -0.492 e. The molecule has 192 valence electrons. The normalized spacial score (nSPS) is 11.4. The third-order valence-corrected chi connectivity index (χ3v) is 5.83. The Morgan fingerprint density at radius 1 is 1.17 bits per heavy atom. The van der Waals surface area contributed by atoms with Crippen LogP contribution in [0.3, 0.4) is 0 Å². The zero-order chi connectivity index (χ0) is 26.3. The number of nitrogens with one attached hydrogen (secondary N) is 4. The van der Waals surface area contributed by atoms with Crippen molar-refractivity contribution in [3.8, 4) is 17.0 Å². The summed E-state index contributed by atoms with van der Waals surface area (Å²) in [4.78, 5) is 32.8. The number of hydrogen-bond donors (Lipinski definition) is 4. The first-order valence-corrected chi connectivity index (χ1v) is 12.3. The number of anilines is 1. The molecule has 0 aliphatic rings. The van der Waals surface area contributed by atoms with E-state index < -0.39 is 5.54 Å². The average Bonchev–Trinajstić information content (AvgIpc) is 2.84. The fourth-order valence-electron chi connectivity index (χ4n) is 3.80. The van der Waals surface area contributed by atoms with Gasteiger partial charge in [0, 0.05) is 36.0 Å². The number of nitrogens with zero attached hydrogens (tertiary/aromatic N) is 1. The Hall–Kier alpha value is -3.65. The molecule has 4 N–H and O–H groups in total. The lowest BCUT2D eigenvalue weighted by Gasteiger charge is -2.29. The van der Waals surface area contributed by atoms with Crippen LogP contribution < -0.4 is 26.2 Å². The topological polar surface area (TPSA) is 108 Å². The number of hydrogen-bond acceptors (Lipinski definition) is 6. The number of carbonyl (C=O) groups excluding carboxylic acids is 1. The van der Waals surface area contributed by atoms with Gasteiger partial charge in [0.25, 0.3) is 11.5 Å². The maximum Gasteiger partial charge on any atom is 0.290 e. The van der Waals surface area contributed by atoms with Gasteiger partial charge in [0.05, 0.1) is 11.2 Å². The first kappa shape index (κ1) is 26.9. The summed E-state index contributed by atoms with van der Waals surface area (Å²) in [7, 11) is 1.88. The number of likely N-dealkylation sites (N-methyl/N-ethyl adjacent to an activating group) is 1. The predicted octanol–water partition coefficient (Wildman–Crippen LogP) is 4.08. The number of aromatic amines is 1. The fraction of sp³-hybridized carbons (Fsp3) is 0.393. The zero-order valence-corrected chi connectivity index (χ0v) is 22.0. The largest absolute Gasteiger partial charge is 0.492 e. The van der Waals surface area contributed by atoms with Crippen LogP contribution in [0.5, 0.6) is 5.75 Å². The van der Waals surface area contributed by atoms with E-state index in [9.17, 15) is 9.59 Å². The van der Waals surface area contributed by atoms with Gasteiger partial charge in [0.1, 0.15) is 12.4 Å². The van der Waals surface area contributed by atoms with Crippen molar-refractivity contribution in [2.24, 2.45) is 5.92 Å². The SMILES string of the molecule is CNCCOc1ccccc1C(C)(C)Nc1nc(-c2cc(C(=O)NCC(C)C)ccc2C)c[nH]c1=O. The Bertz CT molecular complexity index is 1250. The van der Waals surface area contributed by atoms with Gasteiger partial charge in [-0.05, 0) is 57.5 Å². The standard InChI is InChI=1S/C28H37N5O3/c1-18(2)16-30-26(34)20-12-11-19(3)21(15-20)23-17-31-27(35)25(32-23)33-28(4,5)22-9-7-8-10-24(22)36-14-13-29-6/h7-12,15,17-18,29H,13-14,16H2,1-6H3,(H,30,34)(H,31,35)(H,32,33). The van der Waals surface area contributed by atoms with Crippen LogP contribution in [-0.2, 0) is 5.54 Å². The third-order valence-electron chi connectivity index (χ3n) is 5.83. The molecular formula is C28H37N5O3. The molecule has 0 unspecified atom stereocenters. The number of ether oxygens (including phenoxy) is 1. The Labute approximate surface area is 212 Å². The molecule has 0 spiro atoms. The molecule has 0 saturated carbocycles. The molecule has 0 bridgehead atoms. The monoisotopic (exact) mass is 491 g/mol. The van der Waals surface area contributed by atoms with Crippen molar-refractivity contribution in [3.63, 3.8) is 0 Å². The van der Waals surface area contributed by atoms with Crippen LogP contribution in [0, 0.1) is 12.8 Å². The van der Waals surface area contributed by atoms with Crippen molar-refractivity contribution in [2.75, 3.05) is 32.1 Å². The van der Waals surface area contributed by atoms with E-state index in [-0.39, 0.29) is 17.3 Å². The van der Waals surface area contributed by atoms with Gasteiger partial charge in [0.2, 0.25) is 0 Å². The Morgan fingerprint density at radius 2 is 1.92 bits per heavy atom. The number of amides is 1. The Kier molecular flexibility index (Phi) is 8.88. The number of aryl methyl sites for hydroxylation is 1. The van der Waals surface area contributed by atoms with Gasteiger partial charge in [-0.3, -0.25) is 9.59 Å². The van der Waals surface area contributed by atoms with E-state index in [2.05, 4.69) is 25.9 Å². The van der Waals surface area contributed by atoms with E-state index in [0.717, 1.165) is 29.0 Å². The highest BCUT2D eigenvalue weighted by molar-refractivity contribution is 5.95. The van der Waals surface area contributed by atoms with E-state index >= 15 is 0 Å². The van der Waals surface area contributed by atoms with Crippen molar-refractivity contribution in [2.45, 2.75) is 40.2 Å². The highest BCUT2D eigenvalue weighted by Crippen LogP contribution is 2.32. The molecule has 3 rings (SSSR count). The first-order valence-electron chi connectivity index (χ1n) is 12.3. The van der Waals surface area contributed by atoms with Crippen molar-refractivity contribution in [1.29, 1.82) is 0 Å². The highest BCUT2D eigenvalue weighted by atomic mass is 16.5. The summed E-state index contributed by atoms with van der Waals surface area (Å²) in [6, 6.07) is 13.3. The van der Waals surface area contributed by atoms with Crippen LogP contribution in [0.2, 0.25) is 0 Å². The Balaban J connectivity index is 1.91. The maximum absolute atomic E-state index is 12.7. The summed E-state index contributed by atoms with van der Waals surface area (Å²) < 4.78 is 5.96. The molecular weight excluding hydrogens is 454 g/mol. The molecule has 0 aliphatic heterocycles. The second-order valence-corrected chi connectivity index (χ2v) is 9.80. The Morgan fingerprint density at radius 3 is 2.64 bits per heavy atom. The third kappa shape index (κ3) is 6.73. The predicted molar refractivity (Wildman–Crippen MR) is 145 cm³/mol. The number of benzene rings is 2. The minimum absolute atomic E-state index is 0.135. The van der Waals surface area contributed by atoms with Crippen molar-refractivity contribution >= 4 is 11.7 Å². The molecule has 36 heavy (non-hydrogen) atoms. The van der Waals surface area contributed by atoms with Crippen molar-refractivity contribution in [3.05, 3.63) is 75.7 Å². The number of para-hydroxylation sites is 1. The van der Waals surface area contributed by atoms with Gasteiger partial charge in [-0.15, -0.1) is 0 Å². The van der Waals surface area contributed by atoms with Crippen LogP contribution in [-0.4, -0.2) is 42.6 Å². The van der Waals surface area contributed by atoms with Gasteiger partial charge in [0.15, 0.2) is 5.82 Å². The number of rotatable bonds is 11. The molecule has 8 heteroatoms. The maximum atomic E-state index is 12.7. The van der Waals surface area contributed by atoms with Crippen LogP contribution in [0.1, 0.15) is 49.2 Å². The van der Waals surface area contributed by atoms with Crippen LogP contribution >= 0.6 is 0 Å². The van der Waals surface area contributed by atoms with Gasteiger partial charge in [-0.25, -0.2) is 4.98 Å². The van der Waals surface area contributed by atoms with Gasteiger partial charge < -0.3 is 25.7 Å². The van der Waals surface area contributed by atoms with Crippen LogP contribution in [0.25, 0.3) is 11.3 Å². The number of carbonyl (C=O) groups is 1. The lowest BCUT2D eigenvalue weighted by molar-refractivity contribution is 0.0949. The van der Waals surface area contributed by atoms with E-state index in [1.165, 1.54) is 0 Å². The summed E-state index contributed by atoms with van der Waals surface area (Å²) in [5, 5.41) is 9.32. The molecule has 0 radical (unpaired) electrons. The lowest BCUT2D eigenvalue weighted by Crippen LogP contribution is -2.32. The van der Waals surface area contributed by atoms with Gasteiger partial charge in [-0.2, -0.15) is 0 Å². The molecule has 8 nitrogen and oxygen atoms in total. The molecule has 1 aromatic heterocycles. The fourth-order valence-corrected chi connectivity index (χ4v) is 3.80. The van der Waals surface area contributed by atoms with E-state index in [4.69, 9.17) is 4.74 Å². The van der Waals surface area contributed by atoms with Gasteiger partial charge in [-0.1, -0.05) is 38.1 Å². The summed E-state index contributed by atoms with van der Waals surface area (Å²) in [5.41, 5.74) is 2.78. The molecule has 1 amide bonds. The first-order chi connectivity index (χ1) is 17.1. The van der Waals surface area contributed by atoms with E-state index in [1.54, 1.807) is 12.3 Å². The molecule has 0 fully saturated rings. The average molecular weight is 492 g/mol. The molecule has 1 heterocycles. The second-order valence-electron chi connectivity index (χ2n) is 9.80. The number of aromatic nitrogens is 2. The van der Waals surface area contributed by atoms with Crippen LogP contribution in [0.4, 0.5) is 5.82 Å². The van der Waals surface area contributed by atoms with Crippen molar-refractivity contribution < 1.29 is 9.53 Å².